The molecule has 2 aromatic rings. The Morgan fingerprint density at radius 2 is 1.69 bits per heavy atom. The second-order valence-corrected chi connectivity index (χ2v) is 4.77. The van der Waals surface area contributed by atoms with E-state index in [-0.39, 0.29) is 4.90 Å². The van der Waals surface area contributed by atoms with Gasteiger partial charge in [-0.05, 0) is 12.1 Å². The van der Waals surface area contributed by atoms with Gasteiger partial charge in [0.05, 0.1) is 0 Å². The number of hydrogen-bond acceptors (Lipinski definition) is 3. The van der Waals surface area contributed by atoms with Gasteiger partial charge in [-0.3, -0.25) is 4.55 Å². The van der Waals surface area contributed by atoms with Crippen LogP contribution in [0.3, 0.4) is 0 Å². The Bertz CT molecular complexity index is 635. The summed E-state index contributed by atoms with van der Waals surface area (Å²) in [4.78, 5) is -0.0675. The molecule has 0 atom stereocenters. The molecule has 0 radical (unpaired) electrons. The maximum atomic E-state index is 11.2. The van der Waals surface area contributed by atoms with Crippen molar-refractivity contribution in [1.82, 2.24) is 0 Å². The van der Waals surface area contributed by atoms with Crippen LogP contribution in [0, 0.1) is 0 Å². The highest BCUT2D eigenvalue weighted by Gasteiger charge is 2.14. The van der Waals surface area contributed by atoms with Gasteiger partial charge in [-0.1, -0.05) is 24.3 Å². The fraction of sp³-hybridized carbons (Fsp3) is 0.0909. The lowest BCUT2D eigenvalue weighted by molar-refractivity contribution is 0.484. The van der Waals surface area contributed by atoms with Crippen molar-refractivity contribution in [3.63, 3.8) is 0 Å². The highest BCUT2D eigenvalue weighted by atomic mass is 32.2. The molecule has 0 spiro atoms. The van der Waals surface area contributed by atoms with Crippen LogP contribution in [0.4, 0.5) is 5.69 Å². The minimum absolute atomic E-state index is 0.0675. The van der Waals surface area contributed by atoms with Gasteiger partial charge in [0.25, 0.3) is 10.1 Å². The van der Waals surface area contributed by atoms with E-state index in [1.165, 1.54) is 6.07 Å². The van der Waals surface area contributed by atoms with Crippen molar-refractivity contribution in [2.24, 2.45) is 0 Å². The second-order valence-electron chi connectivity index (χ2n) is 3.38. The Kier molecular flexibility index (Phi) is 2.57. The van der Waals surface area contributed by atoms with Gasteiger partial charge in [0.2, 0.25) is 0 Å². The Hall–Kier alpha value is -1.59. The minimum Gasteiger partial charge on any atom is -0.388 e. The van der Waals surface area contributed by atoms with E-state index >= 15 is 0 Å². The molecule has 0 heterocycles. The standard InChI is InChI=1S/C11H11NO3S/c1-12-10-6-7-11(16(13,14)15)9-5-3-2-4-8(9)10/h2-7,12H,1H3,(H,13,14,15). The number of rotatable bonds is 2. The van der Waals surface area contributed by atoms with Crippen LogP contribution in [-0.4, -0.2) is 20.0 Å². The zero-order chi connectivity index (χ0) is 11.8. The molecule has 0 saturated carbocycles. The van der Waals surface area contributed by atoms with Crippen LogP contribution < -0.4 is 5.32 Å². The molecule has 0 aliphatic heterocycles. The lowest BCUT2D eigenvalue weighted by atomic mass is 10.1. The van der Waals surface area contributed by atoms with E-state index in [1.807, 2.05) is 6.07 Å². The molecule has 2 aromatic carbocycles. The van der Waals surface area contributed by atoms with Crippen LogP contribution in [0.2, 0.25) is 0 Å². The summed E-state index contributed by atoms with van der Waals surface area (Å²) in [6.45, 7) is 0. The Morgan fingerprint density at radius 3 is 2.25 bits per heavy atom. The topological polar surface area (TPSA) is 66.4 Å². The number of nitrogens with one attached hydrogen (secondary N) is 1. The van der Waals surface area contributed by atoms with E-state index < -0.39 is 10.1 Å². The Labute approximate surface area is 93.7 Å². The largest absolute Gasteiger partial charge is 0.388 e. The number of hydrogen-bond donors (Lipinski definition) is 2. The van der Waals surface area contributed by atoms with Crippen molar-refractivity contribution in [3.05, 3.63) is 36.4 Å². The van der Waals surface area contributed by atoms with Crippen LogP contribution in [0.5, 0.6) is 0 Å². The zero-order valence-electron chi connectivity index (χ0n) is 8.64. The van der Waals surface area contributed by atoms with Gasteiger partial charge in [0, 0.05) is 23.5 Å². The van der Waals surface area contributed by atoms with Crippen LogP contribution >= 0.6 is 0 Å². The maximum absolute atomic E-state index is 11.2. The predicted octanol–water partition coefficient (Wildman–Crippen LogP) is 2.13. The van der Waals surface area contributed by atoms with E-state index in [0.717, 1.165) is 11.1 Å². The molecule has 0 aliphatic carbocycles. The second kappa shape index (κ2) is 3.77. The molecule has 2 rings (SSSR count). The summed E-state index contributed by atoms with van der Waals surface area (Å²) in [5.74, 6) is 0. The van der Waals surface area contributed by atoms with Crippen molar-refractivity contribution in [2.45, 2.75) is 4.90 Å². The Morgan fingerprint density at radius 1 is 1.06 bits per heavy atom. The molecule has 0 saturated heterocycles. The molecular formula is C11H11NO3S. The predicted molar refractivity (Wildman–Crippen MR) is 63.3 cm³/mol. The maximum Gasteiger partial charge on any atom is 0.295 e. The lowest BCUT2D eigenvalue weighted by Crippen LogP contribution is -2.00. The molecule has 0 aliphatic rings. The summed E-state index contributed by atoms with van der Waals surface area (Å²) in [7, 11) is -2.42. The third kappa shape index (κ3) is 1.75. The third-order valence-corrected chi connectivity index (χ3v) is 3.34. The van der Waals surface area contributed by atoms with Gasteiger partial charge in [-0.2, -0.15) is 8.42 Å². The summed E-state index contributed by atoms with van der Waals surface area (Å²) in [6, 6.07) is 10.0. The van der Waals surface area contributed by atoms with Crippen molar-refractivity contribution in [3.8, 4) is 0 Å². The van der Waals surface area contributed by atoms with E-state index in [9.17, 15) is 8.42 Å². The smallest absolute Gasteiger partial charge is 0.295 e. The molecule has 16 heavy (non-hydrogen) atoms. The van der Waals surface area contributed by atoms with Gasteiger partial charge in [0.1, 0.15) is 4.90 Å². The monoisotopic (exact) mass is 237 g/mol. The van der Waals surface area contributed by atoms with E-state index in [0.29, 0.717) is 5.39 Å². The first-order valence-electron chi connectivity index (χ1n) is 4.71. The first kappa shape index (κ1) is 10.9. The molecule has 4 nitrogen and oxygen atoms in total. The van der Waals surface area contributed by atoms with Gasteiger partial charge < -0.3 is 5.32 Å². The molecule has 0 bridgehead atoms. The summed E-state index contributed by atoms with van der Waals surface area (Å²) in [6.07, 6.45) is 0. The van der Waals surface area contributed by atoms with E-state index in [1.54, 1.807) is 31.3 Å². The van der Waals surface area contributed by atoms with Gasteiger partial charge >= 0.3 is 0 Å². The van der Waals surface area contributed by atoms with Crippen molar-refractivity contribution in [1.29, 1.82) is 0 Å². The van der Waals surface area contributed by atoms with Crippen LogP contribution in [0.25, 0.3) is 10.8 Å². The quantitative estimate of drug-likeness (QED) is 0.785. The molecular weight excluding hydrogens is 226 g/mol. The molecule has 0 unspecified atom stereocenters. The molecule has 84 valence electrons. The van der Waals surface area contributed by atoms with Crippen LogP contribution in [0.15, 0.2) is 41.3 Å². The van der Waals surface area contributed by atoms with Crippen LogP contribution in [-0.2, 0) is 10.1 Å². The summed E-state index contributed by atoms with van der Waals surface area (Å²) < 4.78 is 31.5. The zero-order valence-corrected chi connectivity index (χ0v) is 9.45. The number of fused-ring (bicyclic) bond motifs is 1. The average molecular weight is 237 g/mol. The fourth-order valence-electron chi connectivity index (χ4n) is 1.71. The first-order valence-corrected chi connectivity index (χ1v) is 6.15. The molecule has 0 aromatic heterocycles. The molecule has 0 fully saturated rings. The van der Waals surface area contributed by atoms with E-state index in [2.05, 4.69) is 5.32 Å². The third-order valence-electron chi connectivity index (χ3n) is 2.43. The fourth-order valence-corrected chi connectivity index (χ4v) is 2.41. The molecule has 0 amide bonds. The lowest BCUT2D eigenvalue weighted by Gasteiger charge is -2.08. The SMILES string of the molecule is CNc1ccc(S(=O)(=O)O)c2ccccc12. The minimum atomic E-state index is -4.18. The van der Waals surface area contributed by atoms with E-state index in [4.69, 9.17) is 4.55 Å². The summed E-state index contributed by atoms with van der Waals surface area (Å²) in [5, 5.41) is 4.25. The number of anilines is 1. The molecule has 2 N–H and O–H groups in total. The first-order chi connectivity index (χ1) is 7.54. The van der Waals surface area contributed by atoms with Crippen LogP contribution in [0.1, 0.15) is 0 Å². The molecule has 5 heteroatoms. The Balaban J connectivity index is 2.91. The number of benzene rings is 2. The van der Waals surface area contributed by atoms with Crippen molar-refractivity contribution >= 4 is 26.6 Å². The van der Waals surface area contributed by atoms with Gasteiger partial charge in [0.15, 0.2) is 0 Å². The highest BCUT2D eigenvalue weighted by Crippen LogP contribution is 2.28. The summed E-state index contributed by atoms with van der Waals surface area (Å²) in [5.41, 5.74) is 0.822. The van der Waals surface area contributed by atoms with Crippen molar-refractivity contribution < 1.29 is 13.0 Å². The van der Waals surface area contributed by atoms with Gasteiger partial charge in [-0.15, -0.1) is 0 Å². The summed E-state index contributed by atoms with van der Waals surface area (Å²) >= 11 is 0. The normalized spacial score (nSPS) is 11.6. The highest BCUT2D eigenvalue weighted by molar-refractivity contribution is 7.86. The van der Waals surface area contributed by atoms with Crippen molar-refractivity contribution in [2.75, 3.05) is 12.4 Å². The van der Waals surface area contributed by atoms with Gasteiger partial charge in [-0.25, -0.2) is 0 Å². The average Bonchev–Trinajstić information content (AvgIpc) is 2.26.